The van der Waals surface area contributed by atoms with Gasteiger partial charge in [-0.05, 0) is 53.9 Å². The zero-order valence-corrected chi connectivity index (χ0v) is 16.5. The maximum atomic E-state index is 12.5. The van der Waals surface area contributed by atoms with Crippen molar-refractivity contribution in [2.45, 2.75) is 26.3 Å². The second-order valence-corrected chi connectivity index (χ2v) is 6.95. The molecule has 0 heterocycles. The Balaban J connectivity index is 1.73. The van der Waals surface area contributed by atoms with Crippen LogP contribution in [0.3, 0.4) is 0 Å². The normalized spacial score (nSPS) is 12.2. The summed E-state index contributed by atoms with van der Waals surface area (Å²) in [5.41, 5.74) is 4.93. The Morgan fingerprint density at radius 1 is 1.21 bits per heavy atom. The second-order valence-electron chi connectivity index (χ2n) is 6.52. The highest BCUT2D eigenvalue weighted by Crippen LogP contribution is 2.25. The highest BCUT2D eigenvalue weighted by molar-refractivity contribution is 6.30. The average Bonchev–Trinajstić information content (AvgIpc) is 2.69. The Bertz CT molecular complexity index is 1030. The number of carbonyl (C=O) groups excluding carboxylic acids is 1. The number of fused-ring (bicyclic) bond motifs is 1. The van der Waals surface area contributed by atoms with E-state index in [0.29, 0.717) is 17.0 Å². The third kappa shape index (κ3) is 4.43. The maximum absolute atomic E-state index is 12.5. The number of rotatable bonds is 6. The van der Waals surface area contributed by atoms with E-state index in [4.69, 9.17) is 11.6 Å². The molecule has 0 fully saturated rings. The van der Waals surface area contributed by atoms with Gasteiger partial charge >= 0.3 is 0 Å². The zero-order valence-electron chi connectivity index (χ0n) is 15.7. The molecule has 0 saturated carbocycles. The van der Waals surface area contributed by atoms with Gasteiger partial charge in [-0.25, -0.2) is 5.43 Å². The van der Waals surface area contributed by atoms with Crippen LogP contribution in [0, 0.1) is 6.92 Å². The van der Waals surface area contributed by atoms with E-state index < -0.39 is 6.04 Å². The molecule has 3 rings (SSSR count). The first-order valence-corrected chi connectivity index (χ1v) is 9.43. The first-order valence-electron chi connectivity index (χ1n) is 9.06. The van der Waals surface area contributed by atoms with Gasteiger partial charge in [0.25, 0.3) is 5.91 Å². The Hall–Kier alpha value is -3.05. The number of aryl methyl sites for hydroxylation is 1. The van der Waals surface area contributed by atoms with E-state index in [1.807, 2.05) is 56.3 Å². The molecule has 1 amide bonds. The number of hydrazone groups is 1. The van der Waals surface area contributed by atoms with E-state index in [0.717, 1.165) is 22.0 Å². The summed E-state index contributed by atoms with van der Waals surface area (Å²) in [6.45, 7) is 3.85. The number of carbonyl (C=O) groups is 1. The molecule has 0 aromatic heterocycles. The number of amides is 1. The number of hydrogen-bond donors (Lipinski definition) is 3. The molecule has 0 aliphatic heterocycles. The van der Waals surface area contributed by atoms with Gasteiger partial charge < -0.3 is 10.4 Å². The van der Waals surface area contributed by atoms with Gasteiger partial charge in [-0.15, -0.1) is 0 Å². The lowest BCUT2D eigenvalue weighted by molar-refractivity contribution is -0.121. The van der Waals surface area contributed by atoms with Crippen LogP contribution >= 0.6 is 11.6 Å². The molecule has 0 aliphatic carbocycles. The summed E-state index contributed by atoms with van der Waals surface area (Å²) in [4.78, 5) is 12.5. The molecule has 5 nitrogen and oxygen atoms in total. The number of phenolic OH excluding ortho intramolecular Hbond substituents is 1. The summed E-state index contributed by atoms with van der Waals surface area (Å²) in [6.07, 6.45) is 2.05. The lowest BCUT2D eigenvalue weighted by Gasteiger charge is -2.18. The van der Waals surface area contributed by atoms with Crippen LogP contribution in [0.1, 0.15) is 24.5 Å². The molecular weight excluding hydrogens is 374 g/mol. The number of hydrogen-bond acceptors (Lipinski definition) is 4. The number of aromatic hydroxyl groups is 1. The monoisotopic (exact) mass is 395 g/mol. The quantitative estimate of drug-likeness (QED) is 0.412. The molecule has 0 aliphatic rings. The number of nitrogens with one attached hydrogen (secondary N) is 2. The predicted molar refractivity (Wildman–Crippen MR) is 115 cm³/mol. The van der Waals surface area contributed by atoms with Crippen molar-refractivity contribution in [3.63, 3.8) is 0 Å². The third-order valence-corrected chi connectivity index (χ3v) is 4.79. The van der Waals surface area contributed by atoms with Crippen molar-refractivity contribution < 1.29 is 9.90 Å². The van der Waals surface area contributed by atoms with Crippen LogP contribution < -0.4 is 10.7 Å². The molecule has 0 radical (unpaired) electrons. The zero-order chi connectivity index (χ0) is 20.1. The summed E-state index contributed by atoms with van der Waals surface area (Å²) < 4.78 is 0. The lowest BCUT2D eigenvalue weighted by atomic mass is 10.0. The van der Waals surface area contributed by atoms with Gasteiger partial charge in [0.1, 0.15) is 11.8 Å². The van der Waals surface area contributed by atoms with Gasteiger partial charge in [0.15, 0.2) is 0 Å². The molecule has 3 N–H and O–H groups in total. The Kier molecular flexibility index (Phi) is 6.16. The van der Waals surface area contributed by atoms with Crippen molar-refractivity contribution in [1.82, 2.24) is 5.43 Å². The fourth-order valence-corrected chi connectivity index (χ4v) is 3.21. The van der Waals surface area contributed by atoms with E-state index >= 15 is 0 Å². The molecule has 1 atom stereocenters. The highest BCUT2D eigenvalue weighted by atomic mass is 35.5. The van der Waals surface area contributed by atoms with Crippen LogP contribution in [0.2, 0.25) is 5.02 Å². The van der Waals surface area contributed by atoms with Crippen LogP contribution in [0.15, 0.2) is 59.7 Å². The summed E-state index contributed by atoms with van der Waals surface area (Å²) in [5, 5.41) is 19.9. The Morgan fingerprint density at radius 3 is 2.75 bits per heavy atom. The standard InChI is InChI=1S/C22H22ClN3O2/c1-3-19(25-20-10-9-16(23)12-14(20)2)22(28)26-24-13-18-17-7-5-4-6-15(17)8-11-21(18)27/h4-13,19,25,27H,3H2,1-2H3,(H,26,28)/b24-13+/t19-/m0/s1. The minimum atomic E-state index is -0.446. The molecule has 144 valence electrons. The van der Waals surface area contributed by atoms with E-state index in [1.165, 1.54) is 6.21 Å². The smallest absolute Gasteiger partial charge is 0.262 e. The molecule has 0 spiro atoms. The fourth-order valence-electron chi connectivity index (χ4n) is 2.99. The minimum absolute atomic E-state index is 0.110. The number of halogens is 1. The number of benzene rings is 3. The third-order valence-electron chi connectivity index (χ3n) is 4.56. The minimum Gasteiger partial charge on any atom is -0.507 e. The summed E-state index contributed by atoms with van der Waals surface area (Å²) >= 11 is 5.98. The van der Waals surface area contributed by atoms with E-state index in [9.17, 15) is 9.90 Å². The molecule has 0 saturated heterocycles. The van der Waals surface area contributed by atoms with Crippen LogP contribution in [0.25, 0.3) is 10.8 Å². The number of anilines is 1. The van der Waals surface area contributed by atoms with Gasteiger partial charge in [0, 0.05) is 16.3 Å². The first kappa shape index (κ1) is 19.7. The SMILES string of the molecule is CC[C@H](Nc1ccc(Cl)cc1C)C(=O)N/N=C/c1c(O)ccc2ccccc12. The Labute approximate surface area is 169 Å². The second kappa shape index (κ2) is 8.76. The number of phenols is 1. The van der Waals surface area contributed by atoms with Crippen molar-refractivity contribution in [3.05, 3.63) is 70.7 Å². The van der Waals surface area contributed by atoms with Crippen LogP contribution in [0.4, 0.5) is 5.69 Å². The molecule has 6 heteroatoms. The van der Waals surface area contributed by atoms with Crippen LogP contribution in [-0.2, 0) is 4.79 Å². The van der Waals surface area contributed by atoms with Gasteiger partial charge in [-0.2, -0.15) is 5.10 Å². The Morgan fingerprint density at radius 2 is 2.00 bits per heavy atom. The van der Waals surface area contributed by atoms with Crippen molar-refractivity contribution in [1.29, 1.82) is 0 Å². The topological polar surface area (TPSA) is 73.7 Å². The molecule has 0 bridgehead atoms. The van der Waals surface area contributed by atoms with Crippen molar-refractivity contribution in [2.75, 3.05) is 5.32 Å². The summed E-state index contributed by atoms with van der Waals surface area (Å²) in [5.74, 6) is -0.147. The van der Waals surface area contributed by atoms with Gasteiger partial charge in [-0.3, -0.25) is 4.79 Å². The van der Waals surface area contributed by atoms with Gasteiger partial charge in [0.05, 0.1) is 6.21 Å². The molecule has 0 unspecified atom stereocenters. The largest absolute Gasteiger partial charge is 0.507 e. The summed E-state index contributed by atoms with van der Waals surface area (Å²) in [7, 11) is 0. The van der Waals surface area contributed by atoms with E-state index in [1.54, 1.807) is 12.1 Å². The van der Waals surface area contributed by atoms with Crippen LogP contribution in [0.5, 0.6) is 5.75 Å². The van der Waals surface area contributed by atoms with Crippen molar-refractivity contribution >= 4 is 40.2 Å². The van der Waals surface area contributed by atoms with Crippen molar-refractivity contribution in [2.24, 2.45) is 5.10 Å². The average molecular weight is 396 g/mol. The van der Waals surface area contributed by atoms with Crippen LogP contribution in [-0.4, -0.2) is 23.3 Å². The van der Waals surface area contributed by atoms with E-state index in [-0.39, 0.29) is 11.7 Å². The molecule has 3 aromatic carbocycles. The van der Waals surface area contributed by atoms with Crippen molar-refractivity contribution in [3.8, 4) is 5.75 Å². The van der Waals surface area contributed by atoms with Gasteiger partial charge in [-0.1, -0.05) is 48.9 Å². The lowest BCUT2D eigenvalue weighted by Crippen LogP contribution is -2.37. The molecule has 28 heavy (non-hydrogen) atoms. The van der Waals surface area contributed by atoms with E-state index in [2.05, 4.69) is 15.8 Å². The fraction of sp³-hybridized carbons (Fsp3) is 0.182. The first-order chi connectivity index (χ1) is 13.5. The highest BCUT2D eigenvalue weighted by Gasteiger charge is 2.16. The predicted octanol–water partition coefficient (Wildman–Crippen LogP) is 4.85. The molecular formula is C22H22ClN3O2. The number of nitrogens with zero attached hydrogens (tertiary/aromatic N) is 1. The molecule has 3 aromatic rings. The maximum Gasteiger partial charge on any atom is 0.262 e. The summed E-state index contributed by atoms with van der Waals surface area (Å²) in [6, 6.07) is 16.2. The van der Waals surface area contributed by atoms with Gasteiger partial charge in [0.2, 0.25) is 0 Å².